The van der Waals surface area contributed by atoms with Crippen LogP contribution in [0.3, 0.4) is 0 Å². The number of hydrogen-bond acceptors (Lipinski definition) is 4. The van der Waals surface area contributed by atoms with E-state index in [1.54, 1.807) is 4.90 Å². The molecule has 0 aromatic rings. The maximum Gasteiger partial charge on any atom is 0.240 e. The van der Waals surface area contributed by atoms with E-state index in [2.05, 4.69) is 0 Å². The van der Waals surface area contributed by atoms with Gasteiger partial charge in [-0.1, -0.05) is 13.8 Å². The summed E-state index contributed by atoms with van der Waals surface area (Å²) < 4.78 is 22.7. The predicted octanol–water partition coefficient (Wildman–Crippen LogP) is 0.253. The van der Waals surface area contributed by atoms with Gasteiger partial charge in [-0.2, -0.15) is 0 Å². The van der Waals surface area contributed by atoms with Crippen LogP contribution in [-0.2, 0) is 14.6 Å². The maximum atomic E-state index is 12.0. The van der Waals surface area contributed by atoms with Crippen LogP contribution in [0, 0.1) is 5.41 Å². The molecule has 5 nitrogen and oxygen atoms in total. The van der Waals surface area contributed by atoms with Crippen molar-refractivity contribution in [3.8, 4) is 0 Å². The molecule has 0 fully saturated rings. The Bertz CT molecular complexity index is 363. The van der Waals surface area contributed by atoms with Crippen LogP contribution in [0.25, 0.3) is 0 Å². The molecule has 0 spiro atoms. The Kier molecular flexibility index (Phi) is 5.61. The van der Waals surface area contributed by atoms with E-state index in [9.17, 15) is 13.2 Å². The van der Waals surface area contributed by atoms with Gasteiger partial charge in [0.15, 0.2) is 9.84 Å². The average Bonchev–Trinajstić information content (AvgIpc) is 2.22. The third kappa shape index (κ3) is 5.04. The smallest absolute Gasteiger partial charge is 0.240 e. The highest BCUT2D eigenvalue weighted by atomic mass is 32.2. The van der Waals surface area contributed by atoms with Crippen LogP contribution < -0.4 is 5.73 Å². The average molecular weight is 264 g/mol. The number of rotatable bonds is 6. The fourth-order valence-electron chi connectivity index (χ4n) is 1.37. The SMILES string of the molecule is CCN(CC(C)(C)CN)C(=O)C(C)S(C)(=O)=O. The monoisotopic (exact) mass is 264 g/mol. The lowest BCUT2D eigenvalue weighted by Gasteiger charge is -2.32. The topological polar surface area (TPSA) is 80.5 Å². The molecule has 1 unspecified atom stereocenters. The number of sulfone groups is 1. The fraction of sp³-hybridized carbons (Fsp3) is 0.909. The van der Waals surface area contributed by atoms with Crippen LogP contribution in [0.2, 0.25) is 0 Å². The number of carbonyl (C=O) groups is 1. The summed E-state index contributed by atoms with van der Waals surface area (Å²) in [6, 6.07) is 0. The van der Waals surface area contributed by atoms with Crippen molar-refractivity contribution in [2.45, 2.75) is 32.9 Å². The molecule has 0 rings (SSSR count). The molecule has 0 aromatic carbocycles. The highest BCUT2D eigenvalue weighted by Gasteiger charge is 2.30. The Morgan fingerprint density at radius 2 is 1.88 bits per heavy atom. The van der Waals surface area contributed by atoms with Gasteiger partial charge in [0.05, 0.1) is 0 Å². The maximum absolute atomic E-state index is 12.0. The van der Waals surface area contributed by atoms with Crippen molar-refractivity contribution in [3.05, 3.63) is 0 Å². The van der Waals surface area contributed by atoms with Gasteiger partial charge in [-0.25, -0.2) is 8.42 Å². The Hall–Kier alpha value is -0.620. The summed E-state index contributed by atoms with van der Waals surface area (Å²) in [7, 11) is -3.34. The van der Waals surface area contributed by atoms with Crippen molar-refractivity contribution in [1.82, 2.24) is 4.90 Å². The van der Waals surface area contributed by atoms with Crippen LogP contribution in [0.1, 0.15) is 27.7 Å². The Morgan fingerprint density at radius 3 is 2.18 bits per heavy atom. The number of hydrogen-bond donors (Lipinski definition) is 1. The first-order chi connectivity index (χ1) is 7.55. The molecule has 2 N–H and O–H groups in total. The zero-order valence-corrected chi connectivity index (χ0v) is 12.2. The lowest BCUT2D eigenvalue weighted by molar-refractivity contribution is -0.131. The number of nitrogens with zero attached hydrogens (tertiary/aromatic N) is 1. The molecule has 0 aliphatic rings. The molecule has 1 atom stereocenters. The van der Waals surface area contributed by atoms with Crippen molar-refractivity contribution in [2.75, 3.05) is 25.9 Å². The van der Waals surface area contributed by atoms with Crippen molar-refractivity contribution >= 4 is 15.7 Å². The van der Waals surface area contributed by atoms with Crippen LogP contribution in [0.15, 0.2) is 0 Å². The molecular formula is C11H24N2O3S. The second kappa shape index (κ2) is 5.82. The van der Waals surface area contributed by atoms with Crippen molar-refractivity contribution in [1.29, 1.82) is 0 Å². The molecule has 0 aliphatic carbocycles. The van der Waals surface area contributed by atoms with E-state index in [0.29, 0.717) is 19.6 Å². The summed E-state index contributed by atoms with van der Waals surface area (Å²) in [5.74, 6) is -0.350. The van der Waals surface area contributed by atoms with Crippen LogP contribution in [0.5, 0.6) is 0 Å². The summed E-state index contributed by atoms with van der Waals surface area (Å²) in [5.41, 5.74) is 5.41. The van der Waals surface area contributed by atoms with E-state index in [0.717, 1.165) is 6.26 Å². The third-order valence-electron chi connectivity index (χ3n) is 2.85. The molecule has 0 heterocycles. The lowest BCUT2D eigenvalue weighted by atomic mass is 9.93. The first-order valence-corrected chi connectivity index (χ1v) is 7.68. The third-order valence-corrected chi connectivity index (χ3v) is 4.34. The highest BCUT2D eigenvalue weighted by Crippen LogP contribution is 2.16. The standard InChI is InChI=1S/C11H24N2O3S/c1-6-13(8-11(3,4)7-12)10(14)9(2)17(5,15)16/h9H,6-8,12H2,1-5H3. The van der Waals surface area contributed by atoms with E-state index in [1.165, 1.54) is 6.92 Å². The fourth-order valence-corrected chi connectivity index (χ4v) is 1.88. The second-order valence-electron chi connectivity index (χ2n) is 5.19. The van der Waals surface area contributed by atoms with Gasteiger partial charge in [-0.05, 0) is 25.8 Å². The molecule has 0 radical (unpaired) electrons. The van der Waals surface area contributed by atoms with Gasteiger partial charge in [0.25, 0.3) is 0 Å². The largest absolute Gasteiger partial charge is 0.341 e. The quantitative estimate of drug-likeness (QED) is 0.746. The number of carbonyl (C=O) groups excluding carboxylic acids is 1. The van der Waals surface area contributed by atoms with Gasteiger partial charge in [-0.3, -0.25) is 4.79 Å². The van der Waals surface area contributed by atoms with Gasteiger partial charge in [-0.15, -0.1) is 0 Å². The minimum absolute atomic E-state index is 0.205. The van der Waals surface area contributed by atoms with E-state index in [1.807, 2.05) is 20.8 Å². The van der Waals surface area contributed by atoms with Gasteiger partial charge in [0, 0.05) is 19.3 Å². The molecule has 0 bridgehead atoms. The van der Waals surface area contributed by atoms with Gasteiger partial charge in [0.2, 0.25) is 5.91 Å². The summed E-state index contributed by atoms with van der Waals surface area (Å²) in [6.45, 7) is 8.57. The summed E-state index contributed by atoms with van der Waals surface area (Å²) >= 11 is 0. The molecule has 17 heavy (non-hydrogen) atoms. The van der Waals surface area contributed by atoms with E-state index >= 15 is 0 Å². The first kappa shape index (κ1) is 16.4. The lowest BCUT2D eigenvalue weighted by Crippen LogP contribution is -2.47. The van der Waals surface area contributed by atoms with E-state index in [-0.39, 0.29) is 11.3 Å². The molecule has 102 valence electrons. The first-order valence-electron chi connectivity index (χ1n) is 5.73. The number of nitrogens with two attached hydrogens (primary N) is 1. The predicted molar refractivity (Wildman–Crippen MR) is 69.4 cm³/mol. The molecular weight excluding hydrogens is 240 g/mol. The van der Waals surface area contributed by atoms with Crippen molar-refractivity contribution in [3.63, 3.8) is 0 Å². The zero-order valence-electron chi connectivity index (χ0n) is 11.4. The Balaban J connectivity index is 4.86. The van der Waals surface area contributed by atoms with Crippen molar-refractivity contribution < 1.29 is 13.2 Å². The highest BCUT2D eigenvalue weighted by molar-refractivity contribution is 7.92. The van der Waals surface area contributed by atoms with E-state index < -0.39 is 15.1 Å². The minimum Gasteiger partial charge on any atom is -0.341 e. The molecule has 0 saturated heterocycles. The normalized spacial score (nSPS) is 14.5. The van der Waals surface area contributed by atoms with Crippen LogP contribution in [0.4, 0.5) is 0 Å². The summed E-state index contributed by atoms with van der Waals surface area (Å²) in [4.78, 5) is 13.6. The number of amides is 1. The summed E-state index contributed by atoms with van der Waals surface area (Å²) in [6.07, 6.45) is 1.08. The molecule has 1 amide bonds. The Labute approximate surface area is 104 Å². The Morgan fingerprint density at radius 1 is 1.41 bits per heavy atom. The van der Waals surface area contributed by atoms with Crippen molar-refractivity contribution in [2.24, 2.45) is 11.1 Å². The van der Waals surface area contributed by atoms with Gasteiger partial charge < -0.3 is 10.6 Å². The molecule has 0 aromatic heterocycles. The van der Waals surface area contributed by atoms with Crippen LogP contribution >= 0.6 is 0 Å². The van der Waals surface area contributed by atoms with Gasteiger partial charge >= 0.3 is 0 Å². The molecule has 6 heteroatoms. The van der Waals surface area contributed by atoms with E-state index in [4.69, 9.17) is 5.73 Å². The van der Waals surface area contributed by atoms with Crippen LogP contribution in [-0.4, -0.2) is 50.4 Å². The molecule has 0 aliphatic heterocycles. The second-order valence-corrected chi connectivity index (χ2v) is 7.56. The zero-order chi connectivity index (χ0) is 13.9. The molecule has 0 saturated carbocycles. The summed E-state index contributed by atoms with van der Waals surface area (Å²) in [5, 5.41) is -0.990. The minimum atomic E-state index is -3.34. The van der Waals surface area contributed by atoms with Gasteiger partial charge in [0.1, 0.15) is 5.25 Å².